The number of nitrogens with one attached hydrogen (secondary N) is 2. The van der Waals surface area contributed by atoms with Gasteiger partial charge in [-0.3, -0.25) is 10.1 Å². The number of non-ortho nitro benzene ring substituents is 1. The van der Waals surface area contributed by atoms with Gasteiger partial charge in [-0.2, -0.15) is 20.1 Å². The highest BCUT2D eigenvalue weighted by molar-refractivity contribution is 5.80. The molecule has 0 atom stereocenters. The van der Waals surface area contributed by atoms with Gasteiger partial charge in [0.1, 0.15) is 0 Å². The number of nitrogens with zero attached hydrogens (tertiary/aromatic N) is 6. The second-order valence-corrected chi connectivity index (χ2v) is 9.61. The van der Waals surface area contributed by atoms with Gasteiger partial charge in [0, 0.05) is 30.9 Å². The minimum absolute atomic E-state index is 0.0292. The van der Waals surface area contributed by atoms with E-state index in [4.69, 9.17) is 4.98 Å². The van der Waals surface area contributed by atoms with E-state index < -0.39 is 4.92 Å². The lowest BCUT2D eigenvalue weighted by molar-refractivity contribution is -0.384. The van der Waals surface area contributed by atoms with Crippen molar-refractivity contribution >= 4 is 35.4 Å². The minimum Gasteiger partial charge on any atom is -0.341 e. The SMILES string of the molecule is Cc1ccc(Nc2nc(N/N=C\c3ccc([N+](=O)[O-])cc3)nc(N3CCC(Cc4ccccc4)CC3)n2)cc1. The molecule has 1 fully saturated rings. The Bertz CT molecular complexity index is 1420. The van der Waals surface area contributed by atoms with E-state index in [1.807, 2.05) is 31.2 Å². The van der Waals surface area contributed by atoms with Gasteiger partial charge >= 0.3 is 0 Å². The number of anilines is 4. The van der Waals surface area contributed by atoms with Gasteiger partial charge in [0.2, 0.25) is 17.8 Å². The lowest BCUT2D eigenvalue weighted by Crippen LogP contribution is -2.35. The molecule has 198 valence electrons. The van der Waals surface area contributed by atoms with E-state index in [0.717, 1.165) is 43.6 Å². The molecule has 1 aliphatic heterocycles. The number of nitro groups is 1. The van der Waals surface area contributed by atoms with Crippen LogP contribution in [-0.4, -0.2) is 39.2 Å². The van der Waals surface area contributed by atoms with E-state index in [2.05, 4.69) is 61.0 Å². The largest absolute Gasteiger partial charge is 0.341 e. The van der Waals surface area contributed by atoms with Gasteiger partial charge in [-0.15, -0.1) is 0 Å². The van der Waals surface area contributed by atoms with Crippen molar-refractivity contribution in [3.8, 4) is 0 Å². The van der Waals surface area contributed by atoms with E-state index in [-0.39, 0.29) is 5.69 Å². The van der Waals surface area contributed by atoms with Crippen LogP contribution in [0.4, 0.5) is 29.2 Å². The second kappa shape index (κ2) is 12.1. The molecule has 10 heteroatoms. The van der Waals surface area contributed by atoms with Gasteiger partial charge < -0.3 is 10.2 Å². The molecule has 0 spiro atoms. The normalized spacial score (nSPS) is 13.9. The van der Waals surface area contributed by atoms with Gasteiger partial charge in [-0.05, 0) is 67.5 Å². The number of aromatic nitrogens is 3. The highest BCUT2D eigenvalue weighted by Gasteiger charge is 2.22. The second-order valence-electron chi connectivity index (χ2n) is 9.61. The molecule has 3 aromatic carbocycles. The molecule has 1 aliphatic rings. The van der Waals surface area contributed by atoms with Gasteiger partial charge in [-0.1, -0.05) is 48.0 Å². The molecule has 0 bridgehead atoms. The van der Waals surface area contributed by atoms with Crippen LogP contribution in [-0.2, 0) is 6.42 Å². The number of hydrogen-bond donors (Lipinski definition) is 2. The average Bonchev–Trinajstić information content (AvgIpc) is 2.95. The average molecular weight is 523 g/mol. The summed E-state index contributed by atoms with van der Waals surface area (Å²) in [5.74, 6) is 1.94. The topological polar surface area (TPSA) is 121 Å². The van der Waals surface area contributed by atoms with E-state index in [0.29, 0.717) is 29.3 Å². The first kappa shape index (κ1) is 25.8. The van der Waals surface area contributed by atoms with Crippen molar-refractivity contribution in [3.63, 3.8) is 0 Å². The summed E-state index contributed by atoms with van der Waals surface area (Å²) in [5, 5.41) is 18.4. The summed E-state index contributed by atoms with van der Waals surface area (Å²) in [6, 6.07) is 24.8. The maximum Gasteiger partial charge on any atom is 0.269 e. The monoisotopic (exact) mass is 522 g/mol. The van der Waals surface area contributed by atoms with Crippen LogP contribution in [0.2, 0.25) is 0 Å². The molecule has 5 rings (SSSR count). The van der Waals surface area contributed by atoms with Crippen LogP contribution in [0.15, 0.2) is 84.0 Å². The van der Waals surface area contributed by atoms with Crippen LogP contribution in [0.25, 0.3) is 0 Å². The van der Waals surface area contributed by atoms with Crippen LogP contribution < -0.4 is 15.6 Å². The summed E-state index contributed by atoms with van der Waals surface area (Å²) in [6.45, 7) is 3.76. The number of aryl methyl sites for hydroxylation is 1. The van der Waals surface area contributed by atoms with Gasteiger partial charge in [-0.25, -0.2) is 5.43 Å². The molecule has 1 saturated heterocycles. The van der Waals surface area contributed by atoms with Crippen molar-refractivity contribution in [2.24, 2.45) is 11.0 Å². The van der Waals surface area contributed by atoms with Crippen LogP contribution in [0.5, 0.6) is 0 Å². The minimum atomic E-state index is -0.432. The number of nitro benzene ring substituents is 1. The summed E-state index contributed by atoms with van der Waals surface area (Å²) < 4.78 is 0. The molecule has 1 aromatic heterocycles. The van der Waals surface area contributed by atoms with Gasteiger partial charge in [0.05, 0.1) is 11.1 Å². The predicted octanol–water partition coefficient (Wildman–Crippen LogP) is 5.74. The van der Waals surface area contributed by atoms with Crippen molar-refractivity contribution in [1.29, 1.82) is 0 Å². The zero-order valence-electron chi connectivity index (χ0n) is 21.7. The maximum atomic E-state index is 10.9. The van der Waals surface area contributed by atoms with Crippen molar-refractivity contribution < 1.29 is 4.92 Å². The number of piperidine rings is 1. The molecule has 0 aliphatic carbocycles. The Balaban J connectivity index is 1.30. The zero-order chi connectivity index (χ0) is 27.0. The fraction of sp³-hybridized carbons (Fsp3) is 0.241. The molecular weight excluding hydrogens is 492 g/mol. The quantitative estimate of drug-likeness (QED) is 0.162. The smallest absolute Gasteiger partial charge is 0.269 e. The molecule has 39 heavy (non-hydrogen) atoms. The Kier molecular flexibility index (Phi) is 8.01. The van der Waals surface area contributed by atoms with Gasteiger partial charge in [0.15, 0.2) is 0 Å². The molecule has 2 N–H and O–H groups in total. The Morgan fingerprint density at radius 1 is 0.949 bits per heavy atom. The summed E-state index contributed by atoms with van der Waals surface area (Å²) in [6.07, 6.45) is 4.76. The van der Waals surface area contributed by atoms with Crippen LogP contribution in [0.1, 0.15) is 29.5 Å². The van der Waals surface area contributed by atoms with Crippen LogP contribution in [0, 0.1) is 23.0 Å². The van der Waals surface area contributed by atoms with Crippen LogP contribution in [0.3, 0.4) is 0 Å². The predicted molar refractivity (Wildman–Crippen MR) is 154 cm³/mol. The third-order valence-electron chi connectivity index (χ3n) is 6.68. The van der Waals surface area contributed by atoms with E-state index in [9.17, 15) is 10.1 Å². The van der Waals surface area contributed by atoms with Crippen molar-refractivity contribution in [3.05, 3.63) is 106 Å². The molecular formula is C29H30N8O2. The molecule has 0 unspecified atom stereocenters. The molecule has 4 aromatic rings. The number of benzene rings is 3. The molecule has 0 amide bonds. The molecule has 0 saturated carbocycles. The van der Waals surface area contributed by atoms with Crippen LogP contribution >= 0.6 is 0 Å². The number of hydrogen-bond acceptors (Lipinski definition) is 9. The maximum absolute atomic E-state index is 10.9. The summed E-state index contributed by atoms with van der Waals surface area (Å²) in [5.41, 5.74) is 7.04. The Morgan fingerprint density at radius 2 is 1.64 bits per heavy atom. The summed E-state index contributed by atoms with van der Waals surface area (Å²) in [7, 11) is 0. The standard InChI is InChI=1S/C29H30N8O2/c1-21-7-11-25(12-8-21)31-27-32-28(35-30-20-24-9-13-26(14-10-24)37(38)39)34-29(33-27)36-17-15-23(16-18-36)19-22-5-3-2-4-6-22/h2-14,20,23H,15-19H2,1H3,(H2,31,32,33,34,35)/b30-20-. The highest BCUT2D eigenvalue weighted by atomic mass is 16.6. The fourth-order valence-corrected chi connectivity index (χ4v) is 4.51. The first-order chi connectivity index (χ1) is 19.0. The zero-order valence-corrected chi connectivity index (χ0v) is 21.7. The van der Waals surface area contributed by atoms with Crippen molar-refractivity contribution in [1.82, 2.24) is 15.0 Å². The Morgan fingerprint density at radius 3 is 2.33 bits per heavy atom. The Labute approximate surface area is 227 Å². The highest BCUT2D eigenvalue weighted by Crippen LogP contribution is 2.26. The molecule has 2 heterocycles. The molecule has 0 radical (unpaired) electrons. The fourth-order valence-electron chi connectivity index (χ4n) is 4.51. The first-order valence-electron chi connectivity index (χ1n) is 12.9. The summed E-state index contributed by atoms with van der Waals surface area (Å²) >= 11 is 0. The Hall–Kier alpha value is -4.86. The number of rotatable bonds is 9. The van der Waals surface area contributed by atoms with Crippen molar-refractivity contribution in [2.75, 3.05) is 28.7 Å². The molecule has 10 nitrogen and oxygen atoms in total. The lowest BCUT2D eigenvalue weighted by atomic mass is 9.90. The van der Waals surface area contributed by atoms with Gasteiger partial charge in [0.25, 0.3) is 5.69 Å². The number of hydrazone groups is 1. The third-order valence-corrected chi connectivity index (χ3v) is 6.68. The third kappa shape index (κ3) is 7.13. The van der Waals surface area contributed by atoms with E-state index in [1.54, 1.807) is 18.3 Å². The van der Waals surface area contributed by atoms with E-state index in [1.165, 1.54) is 17.7 Å². The first-order valence-corrected chi connectivity index (χ1v) is 12.9. The van der Waals surface area contributed by atoms with E-state index >= 15 is 0 Å². The summed E-state index contributed by atoms with van der Waals surface area (Å²) in [4.78, 5) is 26.5. The lowest BCUT2D eigenvalue weighted by Gasteiger charge is -2.32. The van der Waals surface area contributed by atoms with Crippen molar-refractivity contribution in [2.45, 2.75) is 26.2 Å².